The van der Waals surface area contributed by atoms with E-state index in [2.05, 4.69) is 10.4 Å². The molecule has 3 atom stereocenters. The fraction of sp³-hybridized carbons (Fsp3) is 0.643. The van der Waals surface area contributed by atoms with E-state index in [9.17, 15) is 18.4 Å². The normalized spacial score (nSPS) is 29.0. The van der Waals surface area contributed by atoms with E-state index < -0.39 is 29.9 Å². The Labute approximate surface area is 130 Å². The van der Waals surface area contributed by atoms with E-state index in [0.29, 0.717) is 19.3 Å². The van der Waals surface area contributed by atoms with E-state index in [1.54, 1.807) is 0 Å². The molecular formula is C14H17F2N3O4. The second kappa shape index (κ2) is 5.88. The van der Waals surface area contributed by atoms with Crippen LogP contribution >= 0.6 is 0 Å². The quantitative estimate of drug-likeness (QED) is 0.847. The van der Waals surface area contributed by atoms with Crippen LogP contribution in [0.25, 0.3) is 0 Å². The van der Waals surface area contributed by atoms with Gasteiger partial charge in [-0.1, -0.05) is 0 Å². The zero-order valence-corrected chi connectivity index (χ0v) is 12.2. The summed E-state index contributed by atoms with van der Waals surface area (Å²) in [4.78, 5) is 22.9. The lowest BCUT2D eigenvalue weighted by Gasteiger charge is -2.27. The van der Waals surface area contributed by atoms with Crippen LogP contribution in [0.1, 0.15) is 42.2 Å². The van der Waals surface area contributed by atoms with Crippen molar-refractivity contribution in [2.75, 3.05) is 6.54 Å². The molecule has 1 aliphatic heterocycles. The van der Waals surface area contributed by atoms with Crippen LogP contribution in [0, 0.1) is 0 Å². The third-order valence-electron chi connectivity index (χ3n) is 4.07. The summed E-state index contributed by atoms with van der Waals surface area (Å²) < 4.78 is 32.4. The van der Waals surface area contributed by atoms with Gasteiger partial charge in [0.05, 0.1) is 6.10 Å². The van der Waals surface area contributed by atoms with E-state index in [1.807, 2.05) is 0 Å². The van der Waals surface area contributed by atoms with Crippen LogP contribution in [0.2, 0.25) is 0 Å². The van der Waals surface area contributed by atoms with Crippen LogP contribution in [0.15, 0.2) is 12.3 Å². The monoisotopic (exact) mass is 329 g/mol. The van der Waals surface area contributed by atoms with Gasteiger partial charge in [0.1, 0.15) is 11.7 Å². The summed E-state index contributed by atoms with van der Waals surface area (Å²) in [5.41, 5.74) is 0.0540. The predicted molar refractivity (Wildman–Crippen MR) is 73.3 cm³/mol. The number of carboxylic acid groups (broad SMARTS) is 1. The number of carbonyl (C=O) groups excluding carboxylic acids is 1. The molecule has 0 aromatic carbocycles. The van der Waals surface area contributed by atoms with Crippen LogP contribution in [-0.2, 0) is 9.53 Å². The van der Waals surface area contributed by atoms with Crippen LogP contribution in [0.5, 0.6) is 0 Å². The van der Waals surface area contributed by atoms with E-state index in [1.165, 1.54) is 12.3 Å². The van der Waals surface area contributed by atoms with E-state index in [4.69, 9.17) is 9.84 Å². The molecule has 1 aliphatic carbocycles. The lowest BCUT2D eigenvalue weighted by atomic mass is 10.0. The van der Waals surface area contributed by atoms with Crippen molar-refractivity contribution >= 4 is 11.9 Å². The highest BCUT2D eigenvalue weighted by atomic mass is 19.3. The Bertz CT molecular complexity index is 619. The number of alkyl halides is 2. The molecule has 1 aromatic rings. The number of amides is 1. The number of hydrogen-bond donors (Lipinski definition) is 2. The Balaban J connectivity index is 1.51. The standard InChI is InChI=1S/C14H17F2N3O4/c15-14(16)6-11(14)19-5-4-9(18-19)12(20)17-7-8-2-1-3-10(23-8)13(21)22/h4-5,8,10-11H,1-3,6-7H2,(H,17,20)(H,21,22)/t8-,10+,11?/m1/s1. The fourth-order valence-electron chi connectivity index (χ4n) is 2.65. The van der Waals surface area contributed by atoms with Gasteiger partial charge < -0.3 is 15.2 Å². The lowest BCUT2D eigenvalue weighted by molar-refractivity contribution is -0.158. The molecule has 126 valence electrons. The molecule has 1 aromatic heterocycles. The molecule has 3 rings (SSSR count). The van der Waals surface area contributed by atoms with Gasteiger partial charge in [-0.2, -0.15) is 5.10 Å². The lowest BCUT2D eigenvalue weighted by Crippen LogP contribution is -2.40. The van der Waals surface area contributed by atoms with Crippen molar-refractivity contribution in [2.45, 2.75) is 49.9 Å². The first-order chi connectivity index (χ1) is 10.9. The number of aliphatic carboxylic acids is 1. The molecule has 0 radical (unpaired) electrons. The molecule has 9 heteroatoms. The van der Waals surface area contributed by atoms with Crippen LogP contribution in [0.3, 0.4) is 0 Å². The van der Waals surface area contributed by atoms with E-state index in [0.717, 1.165) is 4.68 Å². The minimum atomic E-state index is -2.75. The van der Waals surface area contributed by atoms with Crippen molar-refractivity contribution in [1.29, 1.82) is 0 Å². The second-order valence-corrected chi connectivity index (χ2v) is 5.89. The average molecular weight is 329 g/mol. The highest BCUT2D eigenvalue weighted by molar-refractivity contribution is 5.92. The number of nitrogens with one attached hydrogen (secondary N) is 1. The van der Waals surface area contributed by atoms with Crippen LogP contribution in [0.4, 0.5) is 8.78 Å². The number of halogens is 2. The van der Waals surface area contributed by atoms with Gasteiger partial charge in [0, 0.05) is 19.2 Å². The molecule has 1 unspecified atom stereocenters. The molecule has 1 saturated heterocycles. The van der Waals surface area contributed by atoms with Crippen LogP contribution in [-0.4, -0.2) is 51.4 Å². The summed E-state index contributed by atoms with van der Waals surface area (Å²) in [6.07, 6.45) is 1.71. The van der Waals surface area contributed by atoms with Crippen molar-refractivity contribution in [3.63, 3.8) is 0 Å². The highest BCUT2D eigenvalue weighted by Gasteiger charge is 2.59. The van der Waals surface area contributed by atoms with Gasteiger partial charge in [0.25, 0.3) is 11.8 Å². The summed E-state index contributed by atoms with van der Waals surface area (Å²) in [6.45, 7) is 0.162. The van der Waals surface area contributed by atoms with Gasteiger partial charge in [-0.05, 0) is 25.3 Å². The van der Waals surface area contributed by atoms with Gasteiger partial charge in [-0.25, -0.2) is 13.6 Å². The summed E-state index contributed by atoms with van der Waals surface area (Å²) in [5, 5.41) is 15.4. The summed E-state index contributed by atoms with van der Waals surface area (Å²) in [7, 11) is 0. The third kappa shape index (κ3) is 3.49. The maximum atomic E-state index is 13.0. The topological polar surface area (TPSA) is 93.5 Å². The Morgan fingerprint density at radius 2 is 2.22 bits per heavy atom. The molecule has 2 aliphatic rings. The molecular weight excluding hydrogens is 312 g/mol. The minimum Gasteiger partial charge on any atom is -0.479 e. The number of ether oxygens (including phenoxy) is 1. The van der Waals surface area contributed by atoms with Crippen LogP contribution < -0.4 is 5.32 Å². The van der Waals surface area contributed by atoms with Gasteiger partial charge in [-0.15, -0.1) is 0 Å². The first kappa shape index (κ1) is 15.9. The molecule has 1 saturated carbocycles. The SMILES string of the molecule is O=C(NC[C@H]1CCC[C@@H](C(=O)O)O1)c1ccn(C2CC2(F)F)n1. The smallest absolute Gasteiger partial charge is 0.332 e. The van der Waals surface area contributed by atoms with Gasteiger partial charge in [0.2, 0.25) is 0 Å². The Morgan fingerprint density at radius 3 is 2.87 bits per heavy atom. The summed E-state index contributed by atoms with van der Waals surface area (Å²) in [5.74, 6) is -4.25. The van der Waals surface area contributed by atoms with E-state index >= 15 is 0 Å². The average Bonchev–Trinajstić information content (AvgIpc) is 2.95. The first-order valence-corrected chi connectivity index (χ1v) is 7.46. The van der Waals surface area contributed by atoms with Gasteiger partial charge in [-0.3, -0.25) is 9.48 Å². The molecule has 23 heavy (non-hydrogen) atoms. The number of carbonyl (C=O) groups is 2. The Kier molecular flexibility index (Phi) is 4.05. The maximum Gasteiger partial charge on any atom is 0.332 e. The third-order valence-corrected chi connectivity index (χ3v) is 4.07. The van der Waals surface area contributed by atoms with Crippen molar-refractivity contribution in [2.24, 2.45) is 0 Å². The molecule has 2 N–H and O–H groups in total. The van der Waals surface area contributed by atoms with Crippen molar-refractivity contribution in [3.05, 3.63) is 18.0 Å². The minimum absolute atomic E-state index is 0.0540. The van der Waals surface area contributed by atoms with Crippen molar-refractivity contribution in [3.8, 4) is 0 Å². The Morgan fingerprint density at radius 1 is 1.48 bits per heavy atom. The van der Waals surface area contributed by atoms with Crippen molar-refractivity contribution in [1.82, 2.24) is 15.1 Å². The highest BCUT2D eigenvalue weighted by Crippen LogP contribution is 2.52. The number of nitrogens with zero attached hydrogens (tertiary/aromatic N) is 2. The first-order valence-electron chi connectivity index (χ1n) is 7.46. The Hall–Kier alpha value is -2.03. The molecule has 2 fully saturated rings. The zero-order chi connectivity index (χ0) is 16.6. The molecule has 2 heterocycles. The molecule has 1 amide bonds. The number of hydrogen-bond acceptors (Lipinski definition) is 4. The zero-order valence-electron chi connectivity index (χ0n) is 12.2. The molecule has 7 nitrogen and oxygen atoms in total. The van der Waals surface area contributed by atoms with Gasteiger partial charge in [0.15, 0.2) is 6.10 Å². The second-order valence-electron chi connectivity index (χ2n) is 5.89. The van der Waals surface area contributed by atoms with Gasteiger partial charge >= 0.3 is 5.97 Å². The summed E-state index contributed by atoms with van der Waals surface area (Å²) in [6, 6.07) is 0.410. The fourth-order valence-corrected chi connectivity index (χ4v) is 2.65. The molecule has 0 bridgehead atoms. The predicted octanol–water partition coefficient (Wildman–Crippen LogP) is 1.22. The number of rotatable bonds is 5. The number of aromatic nitrogens is 2. The largest absolute Gasteiger partial charge is 0.479 e. The number of carboxylic acids is 1. The summed E-state index contributed by atoms with van der Waals surface area (Å²) >= 11 is 0. The maximum absolute atomic E-state index is 13.0. The molecule has 0 spiro atoms. The van der Waals surface area contributed by atoms with E-state index in [-0.39, 0.29) is 24.8 Å². The van der Waals surface area contributed by atoms with Crippen molar-refractivity contribution < 1.29 is 28.2 Å².